The molecule has 1 N–H and O–H groups in total. The maximum absolute atomic E-state index is 12.2. The maximum Gasteiger partial charge on any atom is 0.164 e. The van der Waals surface area contributed by atoms with Crippen molar-refractivity contribution in [1.82, 2.24) is 9.97 Å². The number of hydrogen-bond donors (Lipinski definition) is 1. The second-order valence-corrected chi connectivity index (χ2v) is 14.1. The summed E-state index contributed by atoms with van der Waals surface area (Å²) < 4.78 is 0. The number of fused-ring (bicyclic) bond motifs is 6. The third-order valence-corrected chi connectivity index (χ3v) is 11.0. The molecule has 1 heterocycles. The summed E-state index contributed by atoms with van der Waals surface area (Å²) >= 11 is 0. The van der Waals surface area contributed by atoms with E-state index in [-0.39, 0.29) is 47.9 Å². The molecule has 0 bridgehead atoms. The molecule has 253 valence electrons. The van der Waals surface area contributed by atoms with Crippen LogP contribution in [0.2, 0.25) is 0 Å². The molecule has 0 aliphatic heterocycles. The van der Waals surface area contributed by atoms with Crippen LogP contribution in [-0.2, 0) is 30.3 Å². The molecule has 0 saturated carbocycles. The molecule has 5 aromatic rings. The molecule has 0 saturated heterocycles. The summed E-state index contributed by atoms with van der Waals surface area (Å²) in [5, 5.41) is 15.0. The van der Waals surface area contributed by atoms with E-state index >= 15 is 0 Å². The molecule has 0 fully saturated rings. The van der Waals surface area contributed by atoms with Crippen LogP contribution >= 0.6 is 0 Å². The first kappa shape index (κ1) is 37.2. The molecule has 0 spiro atoms. The summed E-state index contributed by atoms with van der Waals surface area (Å²) in [7, 11) is 0. The van der Waals surface area contributed by atoms with Gasteiger partial charge in [0.15, 0.2) is 5.78 Å². The van der Waals surface area contributed by atoms with Crippen LogP contribution in [0.5, 0.6) is 0 Å². The van der Waals surface area contributed by atoms with Crippen molar-refractivity contribution < 1.29 is 30.0 Å². The second-order valence-electron chi connectivity index (χ2n) is 14.1. The third kappa shape index (κ3) is 6.65. The van der Waals surface area contributed by atoms with Crippen LogP contribution in [-0.4, -0.2) is 20.9 Å². The summed E-state index contributed by atoms with van der Waals surface area (Å²) in [6.45, 7) is 18.6. The average Bonchev–Trinajstić information content (AvgIpc) is 3.32. The number of aromatic nitrogens is 2. The number of aryl methyl sites for hydroxylation is 1. The molecule has 0 unspecified atom stereocenters. The first-order valence-corrected chi connectivity index (χ1v) is 17.1. The normalized spacial score (nSPS) is 13.7. The first-order chi connectivity index (χ1) is 22.3. The van der Waals surface area contributed by atoms with Crippen LogP contribution in [0.1, 0.15) is 98.0 Å². The minimum absolute atomic E-state index is 0. The Kier molecular flexibility index (Phi) is 11.2. The van der Waals surface area contributed by atoms with E-state index in [1.807, 2.05) is 48.5 Å². The summed E-state index contributed by atoms with van der Waals surface area (Å²) in [5.41, 5.74) is 6.07. The Morgan fingerprint density at radius 1 is 0.812 bits per heavy atom. The molecule has 6 rings (SSSR count). The number of aliphatic hydroxyl groups is 1. The minimum atomic E-state index is -0.337. The predicted molar refractivity (Wildman–Crippen MR) is 197 cm³/mol. The van der Waals surface area contributed by atoms with Gasteiger partial charge < -0.3 is 5.11 Å². The molecule has 0 atom stereocenters. The van der Waals surface area contributed by atoms with Crippen LogP contribution in [0.4, 0.5) is 0 Å². The molecular weight excluding hydrogens is 769 g/mol. The molecule has 4 aromatic carbocycles. The summed E-state index contributed by atoms with van der Waals surface area (Å²) in [6, 6.07) is 29.3. The van der Waals surface area contributed by atoms with E-state index in [1.165, 1.54) is 44.3 Å². The number of ketones is 1. The van der Waals surface area contributed by atoms with Gasteiger partial charge in [0.05, 0.1) is 5.69 Å². The van der Waals surface area contributed by atoms with Crippen molar-refractivity contribution in [3.05, 3.63) is 108 Å². The number of carbonyl (C=O) groups excluding carboxylic acids is 1. The van der Waals surface area contributed by atoms with Crippen molar-refractivity contribution in [2.24, 2.45) is 10.8 Å². The zero-order chi connectivity index (χ0) is 34.1. The Morgan fingerprint density at radius 3 is 2.00 bits per heavy atom. The monoisotopic (exact) mass is 818 g/mol. The van der Waals surface area contributed by atoms with Crippen molar-refractivity contribution in [2.75, 3.05) is 0 Å². The topological polar surface area (TPSA) is 63.1 Å². The van der Waals surface area contributed by atoms with Gasteiger partial charge in [-0.25, -0.2) is 4.98 Å². The van der Waals surface area contributed by atoms with E-state index in [2.05, 4.69) is 92.7 Å². The Bertz CT molecular complexity index is 1980. The largest absolute Gasteiger partial charge is 0.512 e. The molecule has 48 heavy (non-hydrogen) atoms. The molecular formula is C43H49IrN2O2-. The number of allylic oxidation sites excluding steroid dienone is 2. The molecule has 4 nitrogen and oxygen atoms in total. The van der Waals surface area contributed by atoms with Crippen molar-refractivity contribution >= 4 is 27.3 Å². The van der Waals surface area contributed by atoms with Crippen molar-refractivity contribution in [2.45, 2.75) is 93.4 Å². The van der Waals surface area contributed by atoms with Gasteiger partial charge in [0.2, 0.25) is 0 Å². The Morgan fingerprint density at radius 2 is 1.38 bits per heavy atom. The van der Waals surface area contributed by atoms with Crippen LogP contribution in [0.15, 0.2) is 84.6 Å². The molecule has 0 amide bonds. The molecule has 1 aliphatic carbocycles. The average molecular weight is 818 g/mol. The molecule has 1 radical (unpaired) electrons. The maximum atomic E-state index is 12.2. The Balaban J connectivity index is 0.000000251. The van der Waals surface area contributed by atoms with E-state index in [1.54, 1.807) is 0 Å². The third-order valence-electron chi connectivity index (χ3n) is 11.0. The van der Waals surface area contributed by atoms with Crippen LogP contribution in [0.3, 0.4) is 0 Å². The number of rotatable bonds is 8. The number of nitrogens with zero attached hydrogens (tertiary/aromatic N) is 2. The second kappa shape index (κ2) is 14.4. The van der Waals surface area contributed by atoms with Gasteiger partial charge in [-0.05, 0) is 60.2 Å². The van der Waals surface area contributed by atoms with Gasteiger partial charge in [-0.1, -0.05) is 121 Å². The Hall–Kier alpha value is -3.66. The van der Waals surface area contributed by atoms with Gasteiger partial charge in [-0.3, -0.25) is 9.78 Å². The standard InChI is InChI=1S/C28H21N2.C15H28O2.Ir/c1-17-29-26(21-13-12-18-8-4-5-10-20(18)16-21)25-27(30-17)24-22-11-7-6-9-19(22)14-15-23(24)28(25,2)3;1-7-14(5,8-2)12(16)11-13(17)15(6,9-3)10-4;/h4-12,14-16H,1-3H3;11,16H,7-10H2,1-6H3;/q-1;;/b;12-11-;. The van der Waals surface area contributed by atoms with Crippen molar-refractivity contribution in [3.8, 4) is 22.5 Å². The van der Waals surface area contributed by atoms with Gasteiger partial charge in [0.1, 0.15) is 11.6 Å². The quantitative estimate of drug-likeness (QED) is 0.0962. The van der Waals surface area contributed by atoms with Gasteiger partial charge in [-0.15, -0.1) is 29.1 Å². The summed E-state index contributed by atoms with van der Waals surface area (Å²) in [4.78, 5) is 22.1. The molecule has 5 heteroatoms. The number of carbonyl (C=O) groups is 1. The fraction of sp³-hybridized carbons (Fsp3) is 0.372. The molecule has 1 aromatic heterocycles. The van der Waals surface area contributed by atoms with Gasteiger partial charge in [-0.2, -0.15) is 0 Å². The van der Waals surface area contributed by atoms with Gasteiger partial charge >= 0.3 is 0 Å². The fourth-order valence-corrected chi connectivity index (χ4v) is 6.67. The van der Waals surface area contributed by atoms with Crippen LogP contribution < -0.4 is 0 Å². The first-order valence-electron chi connectivity index (χ1n) is 17.1. The van der Waals surface area contributed by atoms with E-state index in [0.29, 0.717) is 0 Å². The van der Waals surface area contributed by atoms with E-state index < -0.39 is 0 Å². The van der Waals surface area contributed by atoms with Crippen LogP contribution in [0, 0.1) is 23.8 Å². The smallest absolute Gasteiger partial charge is 0.164 e. The van der Waals surface area contributed by atoms with Crippen LogP contribution in [0.25, 0.3) is 44.1 Å². The minimum Gasteiger partial charge on any atom is -0.512 e. The zero-order valence-corrected chi connectivity index (χ0v) is 32.3. The van der Waals surface area contributed by atoms with E-state index in [4.69, 9.17) is 9.97 Å². The van der Waals surface area contributed by atoms with E-state index in [9.17, 15) is 9.90 Å². The molecule has 1 aliphatic rings. The SMILES string of the molecule is CCC(C)(CC)C(=O)/C=C(\O)C(C)(CC)CC.Cc1nc(-c2[c-]cc3ccccc3c2)c2c(n1)-c1c(ccc3ccccc13)C2(C)C.[Ir]. The van der Waals surface area contributed by atoms with Gasteiger partial charge in [0, 0.05) is 48.0 Å². The van der Waals surface area contributed by atoms with Gasteiger partial charge in [0.25, 0.3) is 0 Å². The van der Waals surface area contributed by atoms with E-state index in [0.717, 1.165) is 48.5 Å². The Labute approximate surface area is 300 Å². The van der Waals surface area contributed by atoms with Crippen molar-refractivity contribution in [3.63, 3.8) is 0 Å². The predicted octanol–water partition coefficient (Wildman–Crippen LogP) is 11.5. The zero-order valence-electron chi connectivity index (χ0n) is 29.9. The summed E-state index contributed by atoms with van der Waals surface area (Å²) in [5.74, 6) is 1.08. The summed E-state index contributed by atoms with van der Waals surface area (Å²) in [6.07, 6.45) is 4.75. The number of hydrogen-bond acceptors (Lipinski definition) is 4. The number of benzene rings is 4. The van der Waals surface area contributed by atoms with Crippen molar-refractivity contribution in [1.29, 1.82) is 0 Å². The number of aliphatic hydroxyl groups excluding tert-OH is 1. The fourth-order valence-electron chi connectivity index (χ4n) is 6.67.